The van der Waals surface area contributed by atoms with E-state index >= 15 is 0 Å². The van der Waals surface area contributed by atoms with E-state index in [0.717, 1.165) is 6.26 Å². The quantitative estimate of drug-likeness (QED) is 0.591. The van der Waals surface area contributed by atoms with Gasteiger partial charge in [0.25, 0.3) is 0 Å². The number of halogens is 1. The lowest BCUT2D eigenvalue weighted by molar-refractivity contribution is 0.112. The third kappa shape index (κ3) is 2.35. The maximum atomic E-state index is 11.1. The number of hydrogen-bond donors (Lipinski definition) is 0. The minimum Gasteiger partial charge on any atom is -0.298 e. The van der Waals surface area contributed by atoms with Crippen molar-refractivity contribution >= 4 is 32.1 Å². The van der Waals surface area contributed by atoms with E-state index in [4.69, 9.17) is 0 Å². The molecule has 1 heterocycles. The number of pyridine rings is 1. The van der Waals surface area contributed by atoms with Gasteiger partial charge in [0.15, 0.2) is 21.1 Å². The fourth-order valence-electron chi connectivity index (χ4n) is 0.815. The molecule has 0 spiro atoms. The molecule has 0 saturated heterocycles. The maximum Gasteiger partial charge on any atom is 0.193 e. The molecule has 0 unspecified atom stereocenters. The molecule has 0 atom stereocenters. The molecule has 1 aromatic heterocycles. The average Bonchev–Trinajstić information content (AvgIpc) is 2.03. The Bertz CT molecular complexity index is 441. The van der Waals surface area contributed by atoms with Crippen LogP contribution in [-0.4, -0.2) is 25.9 Å². The molecule has 4 nitrogen and oxygen atoms in total. The lowest BCUT2D eigenvalue weighted by Crippen LogP contribution is -2.05. The smallest absolute Gasteiger partial charge is 0.193 e. The highest BCUT2D eigenvalue weighted by Gasteiger charge is 2.14. The van der Waals surface area contributed by atoms with Gasteiger partial charge in [0.1, 0.15) is 4.60 Å². The summed E-state index contributed by atoms with van der Waals surface area (Å²) in [5.74, 6) is 0. The fourth-order valence-corrected chi connectivity index (χ4v) is 2.05. The number of nitrogens with zero attached hydrogens (tertiary/aromatic N) is 1. The predicted octanol–water partition coefficient (Wildman–Crippen LogP) is 1.06. The highest BCUT2D eigenvalue weighted by atomic mass is 79.9. The van der Waals surface area contributed by atoms with E-state index < -0.39 is 9.84 Å². The standard InChI is InChI=1S/C7H6BrNO3S/c1-13(11,12)7-5(4-10)2-3-6(8)9-7/h2-4H,1H3. The van der Waals surface area contributed by atoms with Crippen molar-refractivity contribution in [2.24, 2.45) is 0 Å². The Morgan fingerprint density at radius 1 is 1.46 bits per heavy atom. The van der Waals surface area contributed by atoms with Crippen molar-refractivity contribution in [2.75, 3.05) is 6.26 Å². The van der Waals surface area contributed by atoms with E-state index in [1.807, 2.05) is 0 Å². The van der Waals surface area contributed by atoms with Gasteiger partial charge in [0.2, 0.25) is 0 Å². The van der Waals surface area contributed by atoms with Crippen LogP contribution in [0.2, 0.25) is 0 Å². The van der Waals surface area contributed by atoms with Gasteiger partial charge in [0, 0.05) is 6.26 Å². The van der Waals surface area contributed by atoms with Crippen LogP contribution in [0.5, 0.6) is 0 Å². The Morgan fingerprint density at radius 2 is 2.08 bits per heavy atom. The van der Waals surface area contributed by atoms with Crippen molar-refractivity contribution in [3.8, 4) is 0 Å². The fraction of sp³-hybridized carbons (Fsp3) is 0.143. The molecular weight excluding hydrogens is 258 g/mol. The van der Waals surface area contributed by atoms with Gasteiger partial charge in [-0.2, -0.15) is 0 Å². The van der Waals surface area contributed by atoms with Crippen molar-refractivity contribution < 1.29 is 13.2 Å². The number of carbonyl (C=O) groups excluding carboxylic acids is 1. The molecule has 0 N–H and O–H groups in total. The monoisotopic (exact) mass is 263 g/mol. The van der Waals surface area contributed by atoms with Gasteiger partial charge in [-0.05, 0) is 28.1 Å². The lowest BCUT2D eigenvalue weighted by atomic mass is 10.3. The highest BCUT2D eigenvalue weighted by molar-refractivity contribution is 9.10. The van der Waals surface area contributed by atoms with Crippen LogP contribution < -0.4 is 0 Å². The van der Waals surface area contributed by atoms with Crippen LogP contribution in [0.4, 0.5) is 0 Å². The largest absolute Gasteiger partial charge is 0.298 e. The normalized spacial score (nSPS) is 11.2. The summed E-state index contributed by atoms with van der Waals surface area (Å²) in [6.07, 6.45) is 1.48. The summed E-state index contributed by atoms with van der Waals surface area (Å²) in [6, 6.07) is 2.92. The Hall–Kier alpha value is -0.750. The highest BCUT2D eigenvalue weighted by Crippen LogP contribution is 2.15. The molecule has 0 saturated carbocycles. The SMILES string of the molecule is CS(=O)(=O)c1nc(Br)ccc1C=O. The minimum atomic E-state index is -3.44. The molecule has 0 radical (unpaired) electrons. The number of carbonyl (C=O) groups is 1. The van der Waals surface area contributed by atoms with Gasteiger partial charge in [-0.1, -0.05) is 0 Å². The van der Waals surface area contributed by atoms with Crippen LogP contribution in [0.15, 0.2) is 21.8 Å². The summed E-state index contributed by atoms with van der Waals surface area (Å²) in [4.78, 5) is 14.2. The molecule has 0 aliphatic rings. The first-order chi connectivity index (χ1) is 5.95. The molecule has 0 fully saturated rings. The van der Waals surface area contributed by atoms with Crippen LogP contribution in [0.25, 0.3) is 0 Å². The van der Waals surface area contributed by atoms with Crippen molar-refractivity contribution in [1.82, 2.24) is 4.98 Å². The number of sulfone groups is 1. The summed E-state index contributed by atoms with van der Waals surface area (Å²) in [6.45, 7) is 0. The van der Waals surface area contributed by atoms with Crippen LogP contribution in [0, 0.1) is 0 Å². The first-order valence-electron chi connectivity index (χ1n) is 3.27. The zero-order chi connectivity index (χ0) is 10.1. The van der Waals surface area contributed by atoms with Gasteiger partial charge in [-0.15, -0.1) is 0 Å². The number of hydrogen-bond acceptors (Lipinski definition) is 4. The molecule has 0 aromatic carbocycles. The zero-order valence-electron chi connectivity index (χ0n) is 6.69. The van der Waals surface area contributed by atoms with E-state index in [-0.39, 0.29) is 10.6 Å². The van der Waals surface area contributed by atoms with Gasteiger partial charge in [0.05, 0.1) is 5.56 Å². The molecule has 0 aliphatic heterocycles. The molecule has 1 aromatic rings. The summed E-state index contributed by atoms with van der Waals surface area (Å²) < 4.78 is 22.6. The molecule has 1 rings (SSSR count). The Labute approximate surface area is 84.0 Å². The summed E-state index contributed by atoms with van der Waals surface area (Å²) >= 11 is 3.03. The van der Waals surface area contributed by atoms with Crippen LogP contribution in [0.1, 0.15) is 10.4 Å². The maximum absolute atomic E-state index is 11.1. The first kappa shape index (κ1) is 10.3. The Morgan fingerprint density at radius 3 is 2.54 bits per heavy atom. The van der Waals surface area contributed by atoms with Gasteiger partial charge in [-0.25, -0.2) is 13.4 Å². The zero-order valence-corrected chi connectivity index (χ0v) is 9.09. The van der Waals surface area contributed by atoms with Crippen molar-refractivity contribution in [3.05, 3.63) is 22.3 Å². The summed E-state index contributed by atoms with van der Waals surface area (Å²) in [5.41, 5.74) is 0.0747. The van der Waals surface area contributed by atoms with E-state index in [1.54, 1.807) is 0 Å². The Kier molecular flexibility index (Phi) is 2.82. The van der Waals surface area contributed by atoms with Crippen molar-refractivity contribution in [1.29, 1.82) is 0 Å². The molecule has 70 valence electrons. The molecular formula is C7H6BrNO3S. The van der Waals surface area contributed by atoms with Crippen LogP contribution >= 0.6 is 15.9 Å². The summed E-state index contributed by atoms with van der Waals surface area (Å²) in [7, 11) is -3.44. The Balaban J connectivity index is 3.50. The summed E-state index contributed by atoms with van der Waals surface area (Å²) in [5, 5.41) is -0.197. The molecule has 6 heteroatoms. The molecule has 0 bridgehead atoms. The second-order valence-electron chi connectivity index (χ2n) is 2.42. The van der Waals surface area contributed by atoms with E-state index in [9.17, 15) is 13.2 Å². The van der Waals surface area contributed by atoms with Crippen LogP contribution in [-0.2, 0) is 9.84 Å². The average molecular weight is 264 g/mol. The van der Waals surface area contributed by atoms with E-state index in [1.165, 1.54) is 12.1 Å². The second-order valence-corrected chi connectivity index (χ2v) is 5.16. The molecule has 0 amide bonds. The van der Waals surface area contributed by atoms with Crippen molar-refractivity contribution in [2.45, 2.75) is 5.03 Å². The van der Waals surface area contributed by atoms with Gasteiger partial charge < -0.3 is 0 Å². The third-order valence-corrected chi connectivity index (χ3v) is 2.80. The first-order valence-corrected chi connectivity index (χ1v) is 5.95. The molecule has 0 aliphatic carbocycles. The van der Waals surface area contributed by atoms with E-state index in [2.05, 4.69) is 20.9 Å². The lowest BCUT2D eigenvalue weighted by Gasteiger charge is -2.00. The van der Waals surface area contributed by atoms with E-state index in [0.29, 0.717) is 10.9 Å². The molecule has 13 heavy (non-hydrogen) atoms. The number of rotatable bonds is 2. The predicted molar refractivity (Wildman–Crippen MR) is 50.4 cm³/mol. The number of aromatic nitrogens is 1. The van der Waals surface area contributed by atoms with Crippen LogP contribution in [0.3, 0.4) is 0 Å². The van der Waals surface area contributed by atoms with Gasteiger partial charge in [-0.3, -0.25) is 4.79 Å². The minimum absolute atomic E-state index is 0.0747. The topological polar surface area (TPSA) is 64.1 Å². The number of aldehydes is 1. The third-order valence-electron chi connectivity index (χ3n) is 1.33. The second kappa shape index (κ2) is 3.55. The van der Waals surface area contributed by atoms with Gasteiger partial charge >= 0.3 is 0 Å². The van der Waals surface area contributed by atoms with Crippen molar-refractivity contribution in [3.63, 3.8) is 0 Å².